The molecule has 2 saturated heterocycles. The zero-order valence-electron chi connectivity index (χ0n) is 13.5. The second-order valence-electron chi connectivity index (χ2n) is 6.46. The fourth-order valence-electron chi connectivity index (χ4n) is 3.50. The van der Waals surface area contributed by atoms with Crippen molar-refractivity contribution in [3.63, 3.8) is 0 Å². The van der Waals surface area contributed by atoms with Gasteiger partial charge in [0.15, 0.2) is 6.61 Å². The molecule has 2 atom stereocenters. The summed E-state index contributed by atoms with van der Waals surface area (Å²) in [5.74, 6) is -0.620. The molecule has 0 unspecified atom stereocenters. The topological polar surface area (TPSA) is 76.1 Å². The molecular weight excluding hydrogens is 334 g/mol. The number of carbonyl (C=O) groups excluding carboxylic acids is 1. The lowest BCUT2D eigenvalue weighted by Gasteiger charge is -2.33. The molecule has 2 aliphatic rings. The van der Waals surface area contributed by atoms with Crippen LogP contribution in [-0.4, -0.2) is 54.8 Å². The summed E-state index contributed by atoms with van der Waals surface area (Å²) >= 11 is 5.90. The van der Waals surface area contributed by atoms with Crippen LogP contribution >= 0.6 is 11.6 Å². The van der Waals surface area contributed by atoms with Gasteiger partial charge in [0.2, 0.25) is 0 Å². The molecule has 1 N–H and O–H groups in total. The third-order valence-electron chi connectivity index (χ3n) is 4.97. The van der Waals surface area contributed by atoms with Crippen LogP contribution in [0.1, 0.15) is 12.0 Å². The summed E-state index contributed by atoms with van der Waals surface area (Å²) in [4.78, 5) is 25.8. The van der Waals surface area contributed by atoms with E-state index in [0.717, 1.165) is 5.56 Å². The van der Waals surface area contributed by atoms with Crippen molar-refractivity contribution in [2.24, 2.45) is 11.3 Å². The number of nitrogens with zero attached hydrogens (tertiary/aromatic N) is 1. The van der Waals surface area contributed by atoms with E-state index in [1.165, 1.54) is 0 Å². The SMILES string of the molecule is Cc1cc(Cl)ccc1OCC(=O)N1C[C@@H]2COCC[C@]2(C(=O)O)C1. The minimum Gasteiger partial charge on any atom is -0.483 e. The van der Waals surface area contributed by atoms with Crippen LogP contribution in [0.15, 0.2) is 18.2 Å². The molecule has 0 radical (unpaired) electrons. The van der Waals surface area contributed by atoms with Crippen molar-refractivity contribution in [3.05, 3.63) is 28.8 Å². The summed E-state index contributed by atoms with van der Waals surface area (Å²) in [6.07, 6.45) is 0.438. The lowest BCUT2D eigenvalue weighted by atomic mass is 9.74. The highest BCUT2D eigenvalue weighted by Crippen LogP contribution is 2.42. The molecule has 0 aromatic heterocycles. The third kappa shape index (κ3) is 3.08. The van der Waals surface area contributed by atoms with E-state index in [9.17, 15) is 14.7 Å². The molecule has 1 amide bonds. The number of ether oxygens (including phenoxy) is 2. The van der Waals surface area contributed by atoms with Gasteiger partial charge in [0, 0.05) is 30.6 Å². The minimum atomic E-state index is -0.885. The Hall–Kier alpha value is -1.79. The second kappa shape index (κ2) is 6.61. The largest absolute Gasteiger partial charge is 0.483 e. The predicted octanol–water partition coefficient (Wildman–Crippen LogP) is 1.98. The van der Waals surface area contributed by atoms with Gasteiger partial charge >= 0.3 is 5.97 Å². The molecule has 1 aromatic carbocycles. The maximum atomic E-state index is 12.4. The highest BCUT2D eigenvalue weighted by atomic mass is 35.5. The van der Waals surface area contributed by atoms with E-state index >= 15 is 0 Å². The summed E-state index contributed by atoms with van der Waals surface area (Å²) in [5.41, 5.74) is -0.0369. The number of carboxylic acid groups (broad SMARTS) is 1. The molecule has 130 valence electrons. The number of aryl methyl sites for hydroxylation is 1. The summed E-state index contributed by atoms with van der Waals surface area (Å²) in [6, 6.07) is 5.19. The lowest BCUT2D eigenvalue weighted by Crippen LogP contribution is -2.45. The first kappa shape index (κ1) is 17.0. The standard InChI is InChI=1S/C17H20ClNO5/c1-11-6-13(18)2-3-14(11)24-9-15(20)19-7-12-8-23-5-4-17(12,10-19)16(21)22/h2-3,6,12H,4-5,7-10H2,1H3,(H,21,22)/t12-,17+/m1/s1. The van der Waals surface area contributed by atoms with Gasteiger partial charge in [-0.2, -0.15) is 0 Å². The van der Waals surface area contributed by atoms with E-state index in [2.05, 4.69) is 0 Å². The van der Waals surface area contributed by atoms with Gasteiger partial charge < -0.3 is 19.5 Å². The molecule has 24 heavy (non-hydrogen) atoms. The van der Waals surface area contributed by atoms with Crippen molar-refractivity contribution in [1.29, 1.82) is 0 Å². The number of amides is 1. The second-order valence-corrected chi connectivity index (χ2v) is 6.89. The number of rotatable bonds is 4. The van der Waals surface area contributed by atoms with Crippen molar-refractivity contribution in [3.8, 4) is 5.75 Å². The first-order valence-corrected chi connectivity index (χ1v) is 8.28. The van der Waals surface area contributed by atoms with Crippen LogP contribution in [0.4, 0.5) is 0 Å². The van der Waals surface area contributed by atoms with Gasteiger partial charge in [0.05, 0.1) is 12.0 Å². The maximum absolute atomic E-state index is 12.4. The summed E-state index contributed by atoms with van der Waals surface area (Å²) in [6.45, 7) is 3.16. The van der Waals surface area contributed by atoms with Crippen molar-refractivity contribution < 1.29 is 24.2 Å². The highest BCUT2D eigenvalue weighted by Gasteiger charge is 2.54. The van der Waals surface area contributed by atoms with Crippen LogP contribution in [0.25, 0.3) is 0 Å². The smallest absolute Gasteiger partial charge is 0.311 e. The molecule has 2 heterocycles. The summed E-state index contributed by atoms with van der Waals surface area (Å²) < 4.78 is 11.0. The van der Waals surface area contributed by atoms with Crippen molar-refractivity contribution in [2.45, 2.75) is 13.3 Å². The quantitative estimate of drug-likeness (QED) is 0.895. The Morgan fingerprint density at radius 2 is 2.29 bits per heavy atom. The predicted molar refractivity (Wildman–Crippen MR) is 87.3 cm³/mol. The van der Waals surface area contributed by atoms with Gasteiger partial charge in [-0.25, -0.2) is 0 Å². The first-order valence-electron chi connectivity index (χ1n) is 7.90. The molecule has 0 aliphatic carbocycles. The Morgan fingerprint density at radius 1 is 1.50 bits per heavy atom. The fraction of sp³-hybridized carbons (Fsp3) is 0.529. The number of halogens is 1. The van der Waals surface area contributed by atoms with Crippen LogP contribution in [0, 0.1) is 18.3 Å². The molecule has 0 bridgehead atoms. The van der Waals surface area contributed by atoms with Gasteiger partial charge in [-0.3, -0.25) is 9.59 Å². The van der Waals surface area contributed by atoms with E-state index in [4.69, 9.17) is 21.1 Å². The zero-order chi connectivity index (χ0) is 17.3. The number of likely N-dealkylation sites (tertiary alicyclic amines) is 1. The van der Waals surface area contributed by atoms with Crippen LogP contribution in [0.3, 0.4) is 0 Å². The third-order valence-corrected chi connectivity index (χ3v) is 5.21. The molecule has 2 aliphatic heterocycles. The molecule has 0 saturated carbocycles. The average molecular weight is 354 g/mol. The molecule has 3 rings (SSSR count). The Labute approximate surface area is 145 Å². The number of benzene rings is 1. The number of hydrogen-bond donors (Lipinski definition) is 1. The van der Waals surface area contributed by atoms with E-state index in [1.807, 2.05) is 6.92 Å². The lowest BCUT2D eigenvalue weighted by molar-refractivity contribution is -0.157. The van der Waals surface area contributed by atoms with Gasteiger partial charge in [-0.1, -0.05) is 11.6 Å². The van der Waals surface area contributed by atoms with Crippen molar-refractivity contribution >= 4 is 23.5 Å². The monoisotopic (exact) mass is 353 g/mol. The average Bonchev–Trinajstić information content (AvgIpc) is 2.95. The Bertz CT molecular complexity index is 664. The Balaban J connectivity index is 1.65. The van der Waals surface area contributed by atoms with E-state index in [0.29, 0.717) is 37.0 Å². The number of fused-ring (bicyclic) bond motifs is 1. The van der Waals surface area contributed by atoms with Crippen LogP contribution in [0.5, 0.6) is 5.75 Å². The number of carbonyl (C=O) groups is 2. The number of carboxylic acids is 1. The van der Waals surface area contributed by atoms with Gasteiger partial charge in [0.1, 0.15) is 5.75 Å². The molecule has 0 spiro atoms. The van der Waals surface area contributed by atoms with E-state index in [1.54, 1.807) is 23.1 Å². The number of hydrogen-bond acceptors (Lipinski definition) is 4. The molecule has 1 aromatic rings. The summed E-state index contributed by atoms with van der Waals surface area (Å²) in [5, 5.41) is 10.2. The normalized spacial score (nSPS) is 26.1. The molecular formula is C17H20ClNO5. The van der Waals surface area contributed by atoms with E-state index < -0.39 is 11.4 Å². The summed E-state index contributed by atoms with van der Waals surface area (Å²) in [7, 11) is 0. The van der Waals surface area contributed by atoms with Gasteiger partial charge in [0.25, 0.3) is 5.91 Å². The first-order chi connectivity index (χ1) is 11.4. The van der Waals surface area contributed by atoms with Crippen LogP contribution < -0.4 is 4.74 Å². The Kier molecular flexibility index (Phi) is 4.69. The zero-order valence-corrected chi connectivity index (χ0v) is 14.2. The Morgan fingerprint density at radius 3 is 2.96 bits per heavy atom. The van der Waals surface area contributed by atoms with Crippen molar-refractivity contribution in [2.75, 3.05) is 32.9 Å². The van der Waals surface area contributed by atoms with Gasteiger partial charge in [-0.15, -0.1) is 0 Å². The molecule has 2 fully saturated rings. The fourth-order valence-corrected chi connectivity index (χ4v) is 3.72. The number of aliphatic carboxylic acids is 1. The highest BCUT2D eigenvalue weighted by molar-refractivity contribution is 6.30. The van der Waals surface area contributed by atoms with Crippen LogP contribution in [0.2, 0.25) is 5.02 Å². The minimum absolute atomic E-state index is 0.119. The maximum Gasteiger partial charge on any atom is 0.311 e. The van der Waals surface area contributed by atoms with Gasteiger partial charge in [-0.05, 0) is 37.1 Å². The molecule has 6 nitrogen and oxygen atoms in total. The van der Waals surface area contributed by atoms with E-state index in [-0.39, 0.29) is 25.0 Å². The molecule has 7 heteroatoms. The van der Waals surface area contributed by atoms with Crippen molar-refractivity contribution in [1.82, 2.24) is 4.90 Å². The van der Waals surface area contributed by atoms with Crippen LogP contribution in [-0.2, 0) is 14.3 Å².